The molecular weight excluding hydrogens is 442 g/mol. The number of aryl methyl sites for hydroxylation is 2. The minimum absolute atomic E-state index is 0.631. The molecule has 0 fully saturated rings. The van der Waals surface area contributed by atoms with Gasteiger partial charge in [0.05, 0.1) is 11.0 Å². The molecule has 0 radical (unpaired) electrons. The van der Waals surface area contributed by atoms with Gasteiger partial charge >= 0.3 is 0 Å². The topological polar surface area (TPSA) is 39.9 Å². The van der Waals surface area contributed by atoms with Gasteiger partial charge in [-0.1, -0.05) is 62.4 Å². The quantitative estimate of drug-likeness (QED) is 0.247. The fourth-order valence-electron chi connectivity index (χ4n) is 4.95. The molecule has 0 atom stereocenters. The van der Waals surface area contributed by atoms with Crippen molar-refractivity contribution in [2.75, 3.05) is 0 Å². The van der Waals surface area contributed by atoms with Crippen LogP contribution in [0.4, 0.5) is 0 Å². The Balaban J connectivity index is 1.43. The van der Waals surface area contributed by atoms with E-state index in [2.05, 4.69) is 89.0 Å². The lowest BCUT2D eigenvalue weighted by molar-refractivity contribution is 0.462. The summed E-state index contributed by atoms with van der Waals surface area (Å²) in [5.74, 6) is 2.31. The second-order valence-electron chi connectivity index (χ2n) is 8.90. The van der Waals surface area contributed by atoms with Crippen molar-refractivity contribution >= 4 is 21.8 Å². The summed E-state index contributed by atoms with van der Waals surface area (Å²) in [6.45, 7) is 4.32. The molecule has 36 heavy (non-hydrogen) atoms. The molecule has 176 valence electrons. The SMILES string of the molecule is CCc1cnc(Oc2cccc(-c3ccc4c5ccccc5n(-c5ccccn5)c4c3)c2)cc1CC. The minimum atomic E-state index is 0.631. The Morgan fingerprint density at radius 2 is 1.47 bits per heavy atom. The van der Waals surface area contributed by atoms with Crippen LogP contribution in [0, 0.1) is 0 Å². The number of benzene rings is 3. The number of hydrogen-bond donors (Lipinski definition) is 0. The van der Waals surface area contributed by atoms with Crippen LogP contribution in [0.25, 0.3) is 38.8 Å². The normalized spacial score (nSPS) is 11.3. The molecular formula is C32H27N3O. The molecule has 0 bridgehead atoms. The lowest BCUT2D eigenvalue weighted by Gasteiger charge is -2.11. The molecule has 0 N–H and O–H groups in total. The van der Waals surface area contributed by atoms with Crippen LogP contribution in [0.3, 0.4) is 0 Å². The zero-order chi connectivity index (χ0) is 24.5. The number of aromatic nitrogens is 3. The Bertz CT molecular complexity index is 1690. The summed E-state index contributed by atoms with van der Waals surface area (Å²) < 4.78 is 8.42. The number of nitrogens with zero attached hydrogens (tertiary/aromatic N) is 3. The first kappa shape index (κ1) is 22.1. The predicted octanol–water partition coefficient (Wildman–Crippen LogP) is 8.16. The van der Waals surface area contributed by atoms with Crippen LogP contribution < -0.4 is 4.74 Å². The van der Waals surface area contributed by atoms with Crippen LogP contribution in [0.15, 0.2) is 103 Å². The maximum atomic E-state index is 6.18. The molecule has 0 saturated heterocycles. The molecule has 0 aliphatic rings. The number of hydrogen-bond acceptors (Lipinski definition) is 3. The Hall–Kier alpha value is -4.44. The molecule has 0 aliphatic carbocycles. The highest BCUT2D eigenvalue weighted by Gasteiger charge is 2.14. The monoisotopic (exact) mass is 469 g/mol. The molecule has 3 heterocycles. The van der Waals surface area contributed by atoms with E-state index in [1.54, 1.807) is 0 Å². The first-order valence-corrected chi connectivity index (χ1v) is 12.5. The van der Waals surface area contributed by atoms with Gasteiger partial charge in [0.1, 0.15) is 11.6 Å². The molecule has 4 nitrogen and oxygen atoms in total. The molecule has 0 aliphatic heterocycles. The second kappa shape index (κ2) is 9.31. The Morgan fingerprint density at radius 1 is 0.667 bits per heavy atom. The van der Waals surface area contributed by atoms with Gasteiger partial charge < -0.3 is 4.74 Å². The van der Waals surface area contributed by atoms with Gasteiger partial charge in [0.2, 0.25) is 5.88 Å². The number of rotatable bonds is 6. The number of ether oxygens (including phenoxy) is 1. The van der Waals surface area contributed by atoms with Gasteiger partial charge in [0.15, 0.2) is 0 Å². The van der Waals surface area contributed by atoms with E-state index in [1.807, 2.05) is 42.7 Å². The van der Waals surface area contributed by atoms with Crippen molar-refractivity contribution in [3.8, 4) is 28.6 Å². The lowest BCUT2D eigenvalue weighted by Crippen LogP contribution is -1.96. The van der Waals surface area contributed by atoms with Crippen molar-refractivity contribution < 1.29 is 4.74 Å². The van der Waals surface area contributed by atoms with Crippen LogP contribution in [0.2, 0.25) is 0 Å². The highest BCUT2D eigenvalue weighted by molar-refractivity contribution is 6.10. The standard InChI is InChI=1S/C32H27N3O/c1-3-22-20-32(34-21-23(22)4-2)36-26-11-9-10-24(18-26)25-15-16-28-27-12-5-6-13-29(27)35(30(28)19-25)31-14-7-8-17-33-31/h5-21H,3-4H2,1-2H3. The number of para-hydroxylation sites is 1. The number of pyridine rings is 2. The third-order valence-electron chi connectivity index (χ3n) is 6.76. The molecule has 0 spiro atoms. The lowest BCUT2D eigenvalue weighted by atomic mass is 10.0. The van der Waals surface area contributed by atoms with Crippen molar-refractivity contribution in [1.82, 2.24) is 14.5 Å². The van der Waals surface area contributed by atoms with E-state index in [-0.39, 0.29) is 0 Å². The van der Waals surface area contributed by atoms with E-state index in [1.165, 1.54) is 21.9 Å². The fourth-order valence-corrected chi connectivity index (χ4v) is 4.95. The Morgan fingerprint density at radius 3 is 2.31 bits per heavy atom. The van der Waals surface area contributed by atoms with Crippen molar-refractivity contribution in [2.45, 2.75) is 26.7 Å². The summed E-state index contributed by atoms with van der Waals surface area (Å²) in [5, 5.41) is 2.43. The van der Waals surface area contributed by atoms with Gasteiger partial charge in [-0.2, -0.15) is 0 Å². The third-order valence-corrected chi connectivity index (χ3v) is 6.76. The molecule has 4 heteroatoms. The largest absolute Gasteiger partial charge is 0.439 e. The van der Waals surface area contributed by atoms with Crippen LogP contribution in [-0.2, 0) is 12.8 Å². The van der Waals surface area contributed by atoms with E-state index < -0.39 is 0 Å². The van der Waals surface area contributed by atoms with E-state index in [0.717, 1.165) is 46.6 Å². The van der Waals surface area contributed by atoms with Gasteiger partial charge in [0, 0.05) is 29.2 Å². The minimum Gasteiger partial charge on any atom is -0.439 e. The highest BCUT2D eigenvalue weighted by atomic mass is 16.5. The molecule has 6 aromatic rings. The second-order valence-corrected chi connectivity index (χ2v) is 8.90. The maximum absolute atomic E-state index is 6.18. The zero-order valence-electron chi connectivity index (χ0n) is 20.5. The van der Waals surface area contributed by atoms with Crippen molar-refractivity contribution in [2.24, 2.45) is 0 Å². The molecule has 3 aromatic carbocycles. The average Bonchev–Trinajstić information content (AvgIpc) is 3.27. The van der Waals surface area contributed by atoms with Crippen molar-refractivity contribution in [3.05, 3.63) is 115 Å². The number of fused-ring (bicyclic) bond motifs is 3. The van der Waals surface area contributed by atoms with Crippen molar-refractivity contribution in [3.63, 3.8) is 0 Å². The third kappa shape index (κ3) is 3.91. The van der Waals surface area contributed by atoms with E-state index in [4.69, 9.17) is 4.74 Å². The molecule has 0 amide bonds. The smallest absolute Gasteiger partial charge is 0.219 e. The summed E-state index contributed by atoms with van der Waals surface area (Å²) in [7, 11) is 0. The van der Waals surface area contributed by atoms with Gasteiger partial charge in [-0.25, -0.2) is 9.97 Å². The van der Waals surface area contributed by atoms with E-state index >= 15 is 0 Å². The predicted molar refractivity (Wildman–Crippen MR) is 147 cm³/mol. The van der Waals surface area contributed by atoms with Crippen LogP contribution in [0.1, 0.15) is 25.0 Å². The molecule has 6 rings (SSSR count). The first-order chi connectivity index (χ1) is 17.7. The summed E-state index contributed by atoms with van der Waals surface area (Å²) in [6, 6.07) is 31.4. The maximum Gasteiger partial charge on any atom is 0.219 e. The van der Waals surface area contributed by atoms with Gasteiger partial charge in [-0.3, -0.25) is 4.57 Å². The van der Waals surface area contributed by atoms with E-state index in [9.17, 15) is 0 Å². The Kier molecular flexibility index (Phi) is 5.70. The van der Waals surface area contributed by atoms with Crippen LogP contribution >= 0.6 is 0 Å². The van der Waals surface area contributed by atoms with Gasteiger partial charge in [-0.05, 0) is 71.5 Å². The zero-order valence-corrected chi connectivity index (χ0v) is 20.5. The summed E-state index contributed by atoms with van der Waals surface area (Å²) >= 11 is 0. The summed E-state index contributed by atoms with van der Waals surface area (Å²) in [4.78, 5) is 9.18. The van der Waals surface area contributed by atoms with Gasteiger partial charge in [-0.15, -0.1) is 0 Å². The summed E-state index contributed by atoms with van der Waals surface area (Å²) in [5.41, 5.74) is 7.04. The molecule has 0 unspecified atom stereocenters. The fraction of sp³-hybridized carbons (Fsp3) is 0.125. The molecule has 0 saturated carbocycles. The van der Waals surface area contributed by atoms with Crippen molar-refractivity contribution in [1.29, 1.82) is 0 Å². The average molecular weight is 470 g/mol. The van der Waals surface area contributed by atoms with Crippen LogP contribution in [0.5, 0.6) is 11.6 Å². The molecule has 3 aromatic heterocycles. The first-order valence-electron chi connectivity index (χ1n) is 12.5. The Labute approximate surface area is 210 Å². The van der Waals surface area contributed by atoms with Crippen LogP contribution in [-0.4, -0.2) is 14.5 Å². The van der Waals surface area contributed by atoms with Gasteiger partial charge in [0.25, 0.3) is 0 Å². The summed E-state index contributed by atoms with van der Waals surface area (Å²) in [6.07, 6.45) is 5.71. The van der Waals surface area contributed by atoms with E-state index in [0.29, 0.717) is 5.88 Å². The highest BCUT2D eigenvalue weighted by Crippen LogP contribution is 2.35.